The lowest BCUT2D eigenvalue weighted by molar-refractivity contribution is -0.384. The Hall–Kier alpha value is -1.51. The number of non-ortho nitro benzene ring substituents is 1. The van der Waals surface area contributed by atoms with Gasteiger partial charge in [-0.05, 0) is 12.5 Å². The monoisotopic (exact) mass is 299 g/mol. The summed E-state index contributed by atoms with van der Waals surface area (Å²) < 4.78 is 26.2. The van der Waals surface area contributed by atoms with Crippen LogP contribution in [0.5, 0.6) is 0 Å². The summed E-state index contributed by atoms with van der Waals surface area (Å²) in [5.74, 6) is -0.130. The first-order valence-electron chi connectivity index (χ1n) is 6.34. The van der Waals surface area contributed by atoms with E-state index < -0.39 is 14.9 Å². The van der Waals surface area contributed by atoms with Gasteiger partial charge >= 0.3 is 0 Å². The number of nitro benzene ring substituents is 1. The van der Waals surface area contributed by atoms with Crippen molar-refractivity contribution in [2.45, 2.75) is 18.7 Å². The molecule has 1 aromatic rings. The smallest absolute Gasteiger partial charge is 0.269 e. The molecule has 1 heterocycles. The molecule has 0 spiro atoms. The van der Waals surface area contributed by atoms with Crippen molar-refractivity contribution in [1.29, 1.82) is 0 Å². The van der Waals surface area contributed by atoms with Crippen molar-refractivity contribution < 1.29 is 13.3 Å². The second-order valence-electron chi connectivity index (χ2n) is 4.84. The molecule has 2 rings (SSSR count). The Balaban J connectivity index is 2.13. The number of hydrogen-bond acceptors (Lipinski definition) is 5. The second kappa shape index (κ2) is 5.86. The predicted molar refractivity (Wildman–Crippen MR) is 74.8 cm³/mol. The molecule has 0 amide bonds. The topological polar surface area (TPSA) is 92.6 Å². The van der Waals surface area contributed by atoms with Crippen LogP contribution in [0.3, 0.4) is 0 Å². The van der Waals surface area contributed by atoms with Gasteiger partial charge in [-0.3, -0.25) is 10.1 Å². The van der Waals surface area contributed by atoms with Crippen molar-refractivity contribution in [2.75, 3.05) is 19.6 Å². The SMILES string of the molecule is CC1CNCCN1S(=O)(=O)Cc1ccc([N+](=O)[O-])cc1. The van der Waals surface area contributed by atoms with Gasteiger partial charge in [0.2, 0.25) is 10.0 Å². The minimum Gasteiger partial charge on any atom is -0.314 e. The van der Waals surface area contributed by atoms with Crippen molar-refractivity contribution in [3.05, 3.63) is 39.9 Å². The molecule has 1 unspecified atom stereocenters. The number of piperazine rings is 1. The lowest BCUT2D eigenvalue weighted by atomic mass is 10.2. The Morgan fingerprint density at radius 1 is 1.40 bits per heavy atom. The molecule has 7 nitrogen and oxygen atoms in total. The molecule has 0 bridgehead atoms. The molecule has 0 radical (unpaired) electrons. The Labute approximate surface area is 117 Å². The maximum absolute atomic E-state index is 12.3. The molecule has 1 aliphatic rings. The molecule has 0 aliphatic carbocycles. The third-order valence-electron chi connectivity index (χ3n) is 3.29. The summed E-state index contributed by atoms with van der Waals surface area (Å²) in [5.41, 5.74) is 0.517. The van der Waals surface area contributed by atoms with Crippen molar-refractivity contribution in [3.8, 4) is 0 Å². The first-order valence-corrected chi connectivity index (χ1v) is 7.94. The summed E-state index contributed by atoms with van der Waals surface area (Å²) in [7, 11) is -3.40. The number of benzene rings is 1. The van der Waals surface area contributed by atoms with E-state index in [1.807, 2.05) is 6.92 Å². The van der Waals surface area contributed by atoms with Crippen LogP contribution in [0, 0.1) is 10.1 Å². The van der Waals surface area contributed by atoms with Crippen LogP contribution in [0.1, 0.15) is 12.5 Å². The van der Waals surface area contributed by atoms with Gasteiger partial charge < -0.3 is 5.32 Å². The van der Waals surface area contributed by atoms with Gasteiger partial charge in [-0.15, -0.1) is 0 Å². The van der Waals surface area contributed by atoms with Gasteiger partial charge in [-0.2, -0.15) is 4.31 Å². The van der Waals surface area contributed by atoms with Gasteiger partial charge in [0.15, 0.2) is 0 Å². The molecule has 8 heteroatoms. The highest BCUT2D eigenvalue weighted by atomic mass is 32.2. The van der Waals surface area contributed by atoms with Crippen LogP contribution >= 0.6 is 0 Å². The average Bonchev–Trinajstić information content (AvgIpc) is 2.39. The van der Waals surface area contributed by atoms with E-state index in [4.69, 9.17) is 0 Å². The fraction of sp³-hybridized carbons (Fsp3) is 0.500. The van der Waals surface area contributed by atoms with Crippen molar-refractivity contribution >= 4 is 15.7 Å². The summed E-state index contributed by atoms with van der Waals surface area (Å²) >= 11 is 0. The summed E-state index contributed by atoms with van der Waals surface area (Å²) in [6.45, 7) is 3.60. The average molecular weight is 299 g/mol. The zero-order chi connectivity index (χ0) is 14.8. The normalized spacial score (nSPS) is 20.8. The van der Waals surface area contributed by atoms with Crippen molar-refractivity contribution in [3.63, 3.8) is 0 Å². The molecule has 20 heavy (non-hydrogen) atoms. The largest absolute Gasteiger partial charge is 0.314 e. The van der Waals surface area contributed by atoms with E-state index in [0.717, 1.165) is 0 Å². The number of rotatable bonds is 4. The molecular formula is C12H17N3O4S. The zero-order valence-electron chi connectivity index (χ0n) is 11.2. The van der Waals surface area contributed by atoms with Gasteiger partial charge in [-0.1, -0.05) is 12.1 Å². The summed E-state index contributed by atoms with van der Waals surface area (Å²) in [6, 6.07) is 5.55. The quantitative estimate of drug-likeness (QED) is 0.653. The number of nitro groups is 1. The number of sulfonamides is 1. The molecule has 1 saturated heterocycles. The molecular weight excluding hydrogens is 282 g/mol. The van der Waals surface area contributed by atoms with E-state index in [9.17, 15) is 18.5 Å². The first-order chi connectivity index (χ1) is 9.40. The minimum atomic E-state index is -3.40. The molecule has 1 aliphatic heterocycles. The third kappa shape index (κ3) is 3.33. The summed E-state index contributed by atoms with van der Waals surface area (Å²) in [6.07, 6.45) is 0. The van der Waals surface area contributed by atoms with Gasteiger partial charge in [0.1, 0.15) is 0 Å². The van der Waals surface area contributed by atoms with E-state index >= 15 is 0 Å². The highest BCUT2D eigenvalue weighted by molar-refractivity contribution is 7.88. The standard InChI is InChI=1S/C12H17N3O4S/c1-10-8-13-6-7-14(10)20(18,19)9-11-2-4-12(5-3-11)15(16)17/h2-5,10,13H,6-9H2,1H3. The van der Waals surface area contributed by atoms with Crippen LogP contribution in [-0.2, 0) is 15.8 Å². The van der Waals surface area contributed by atoms with Gasteiger partial charge in [0.25, 0.3) is 5.69 Å². The molecule has 0 aromatic heterocycles. The van der Waals surface area contributed by atoms with Crippen LogP contribution in [0.25, 0.3) is 0 Å². The summed E-state index contributed by atoms with van der Waals surface area (Å²) in [4.78, 5) is 10.1. The van der Waals surface area contributed by atoms with E-state index in [0.29, 0.717) is 25.2 Å². The van der Waals surface area contributed by atoms with Crippen molar-refractivity contribution in [2.24, 2.45) is 0 Å². The molecule has 1 N–H and O–H groups in total. The lowest BCUT2D eigenvalue weighted by Crippen LogP contribution is -2.52. The van der Waals surface area contributed by atoms with Crippen molar-refractivity contribution in [1.82, 2.24) is 9.62 Å². The van der Waals surface area contributed by atoms with Gasteiger partial charge in [0, 0.05) is 37.8 Å². The molecule has 1 aromatic carbocycles. The Morgan fingerprint density at radius 3 is 2.60 bits per heavy atom. The number of nitrogens with zero attached hydrogens (tertiary/aromatic N) is 2. The van der Waals surface area contributed by atoms with Gasteiger partial charge in [0.05, 0.1) is 10.7 Å². The Morgan fingerprint density at radius 2 is 2.05 bits per heavy atom. The number of hydrogen-bond donors (Lipinski definition) is 1. The molecule has 110 valence electrons. The van der Waals surface area contributed by atoms with Crippen LogP contribution in [0.2, 0.25) is 0 Å². The van der Waals surface area contributed by atoms with Crippen LogP contribution in [0.4, 0.5) is 5.69 Å². The fourth-order valence-electron chi connectivity index (χ4n) is 2.24. The second-order valence-corrected chi connectivity index (χ2v) is 6.77. The highest BCUT2D eigenvalue weighted by Gasteiger charge is 2.29. The molecule has 1 fully saturated rings. The zero-order valence-corrected chi connectivity index (χ0v) is 12.0. The fourth-order valence-corrected chi connectivity index (χ4v) is 4.01. The first kappa shape index (κ1) is 14.9. The molecule has 0 saturated carbocycles. The third-order valence-corrected chi connectivity index (χ3v) is 5.25. The summed E-state index contributed by atoms with van der Waals surface area (Å²) in [5, 5.41) is 13.7. The Kier molecular flexibility index (Phi) is 4.36. The minimum absolute atomic E-state index is 0.0401. The van der Waals surface area contributed by atoms with E-state index in [-0.39, 0.29) is 17.5 Å². The van der Waals surface area contributed by atoms with Crippen LogP contribution in [0.15, 0.2) is 24.3 Å². The van der Waals surface area contributed by atoms with E-state index in [2.05, 4.69) is 5.32 Å². The maximum atomic E-state index is 12.3. The maximum Gasteiger partial charge on any atom is 0.269 e. The van der Waals surface area contributed by atoms with Gasteiger partial charge in [-0.25, -0.2) is 8.42 Å². The molecule has 1 atom stereocenters. The van der Waals surface area contributed by atoms with E-state index in [1.54, 1.807) is 0 Å². The highest BCUT2D eigenvalue weighted by Crippen LogP contribution is 2.18. The van der Waals surface area contributed by atoms with Crippen LogP contribution < -0.4 is 5.32 Å². The predicted octanol–water partition coefficient (Wildman–Crippen LogP) is 0.718. The van der Waals surface area contributed by atoms with E-state index in [1.165, 1.54) is 28.6 Å². The lowest BCUT2D eigenvalue weighted by Gasteiger charge is -2.32. The number of nitrogens with one attached hydrogen (secondary N) is 1. The Bertz CT molecular complexity index is 585. The van der Waals surface area contributed by atoms with Crippen LogP contribution in [-0.4, -0.2) is 43.3 Å².